The Balaban J connectivity index is 1.62. The number of allylic oxidation sites excluding steroid dienone is 1. The van der Waals surface area contributed by atoms with E-state index in [1.165, 1.54) is 18.1 Å². The van der Waals surface area contributed by atoms with Gasteiger partial charge in [0.15, 0.2) is 0 Å². The molecule has 0 radical (unpaired) electrons. The van der Waals surface area contributed by atoms with Gasteiger partial charge in [-0.15, -0.1) is 0 Å². The molecule has 0 aliphatic heterocycles. The van der Waals surface area contributed by atoms with Crippen molar-refractivity contribution < 1.29 is 18.7 Å². The molecular weight excluding hydrogens is 319 g/mol. The zero-order valence-corrected chi connectivity index (χ0v) is 15.4. The van der Waals surface area contributed by atoms with Crippen molar-refractivity contribution in [3.8, 4) is 0 Å². The standard InChI is InChI=1S/C21H29FO3/c1-12(23)25-15-3-4-16-13(10-15)9-14(22)11-18-17(16)7-8-21(2)19(18)5-6-20(21)24/h14-15,17-19H,3-11H2,1-2H3. The molecule has 4 aliphatic rings. The van der Waals surface area contributed by atoms with E-state index in [9.17, 15) is 14.0 Å². The summed E-state index contributed by atoms with van der Waals surface area (Å²) < 4.78 is 20.2. The van der Waals surface area contributed by atoms with Gasteiger partial charge in [-0.25, -0.2) is 4.39 Å². The minimum absolute atomic E-state index is 0.0816. The zero-order valence-electron chi connectivity index (χ0n) is 15.4. The van der Waals surface area contributed by atoms with Crippen LogP contribution in [-0.2, 0) is 14.3 Å². The van der Waals surface area contributed by atoms with E-state index in [1.807, 2.05) is 0 Å². The number of rotatable bonds is 1. The minimum Gasteiger partial charge on any atom is -0.462 e. The molecule has 0 aromatic carbocycles. The number of halogens is 1. The summed E-state index contributed by atoms with van der Waals surface area (Å²) in [4.78, 5) is 23.7. The molecule has 3 nitrogen and oxygen atoms in total. The maximum absolute atomic E-state index is 14.8. The van der Waals surface area contributed by atoms with Crippen LogP contribution in [0.4, 0.5) is 4.39 Å². The van der Waals surface area contributed by atoms with Crippen molar-refractivity contribution in [3.05, 3.63) is 11.1 Å². The van der Waals surface area contributed by atoms with Crippen LogP contribution >= 0.6 is 0 Å². The van der Waals surface area contributed by atoms with Crippen molar-refractivity contribution in [2.75, 3.05) is 0 Å². The fraction of sp³-hybridized carbons (Fsp3) is 0.810. The van der Waals surface area contributed by atoms with E-state index < -0.39 is 6.17 Å². The van der Waals surface area contributed by atoms with Gasteiger partial charge in [0.25, 0.3) is 0 Å². The SMILES string of the molecule is CC(=O)OC1CCC2=C(CC(F)CC3C2CCC2(C)C(=O)CCC32)C1. The lowest BCUT2D eigenvalue weighted by atomic mass is 9.57. The normalized spacial score (nSPS) is 43.8. The monoisotopic (exact) mass is 348 g/mol. The van der Waals surface area contributed by atoms with Crippen LogP contribution in [0.3, 0.4) is 0 Å². The molecule has 25 heavy (non-hydrogen) atoms. The third-order valence-corrected chi connectivity index (χ3v) is 7.59. The number of carbonyl (C=O) groups excluding carboxylic acids is 2. The van der Waals surface area contributed by atoms with Crippen LogP contribution in [-0.4, -0.2) is 24.0 Å². The van der Waals surface area contributed by atoms with E-state index in [1.54, 1.807) is 0 Å². The maximum Gasteiger partial charge on any atom is 0.302 e. The molecule has 2 fully saturated rings. The summed E-state index contributed by atoms with van der Waals surface area (Å²) in [5, 5.41) is 0. The zero-order chi connectivity index (χ0) is 17.8. The van der Waals surface area contributed by atoms with Crippen LogP contribution in [0.1, 0.15) is 71.6 Å². The molecule has 0 aromatic rings. The number of hydrogen-bond acceptors (Lipinski definition) is 3. The third kappa shape index (κ3) is 2.86. The molecule has 0 bridgehead atoms. The van der Waals surface area contributed by atoms with Gasteiger partial charge in [-0.1, -0.05) is 18.1 Å². The minimum atomic E-state index is -0.825. The van der Waals surface area contributed by atoms with Crippen LogP contribution in [0.15, 0.2) is 11.1 Å². The third-order valence-electron chi connectivity index (χ3n) is 7.59. The largest absolute Gasteiger partial charge is 0.462 e. The van der Waals surface area contributed by atoms with Gasteiger partial charge in [-0.05, 0) is 62.7 Å². The molecule has 6 atom stereocenters. The smallest absolute Gasteiger partial charge is 0.302 e. The lowest BCUT2D eigenvalue weighted by molar-refractivity contribution is -0.146. The van der Waals surface area contributed by atoms with Gasteiger partial charge < -0.3 is 4.74 Å². The molecule has 0 amide bonds. The number of Topliss-reactive ketones (excluding diaryl/α,β-unsaturated/α-hetero) is 1. The number of alkyl halides is 1. The van der Waals surface area contributed by atoms with Gasteiger partial charge in [-0.3, -0.25) is 9.59 Å². The lowest BCUT2D eigenvalue weighted by Gasteiger charge is -2.46. The van der Waals surface area contributed by atoms with Crippen molar-refractivity contribution in [3.63, 3.8) is 0 Å². The summed E-state index contributed by atoms with van der Waals surface area (Å²) in [6, 6.07) is 0. The highest BCUT2D eigenvalue weighted by atomic mass is 19.1. The fourth-order valence-electron chi connectivity index (χ4n) is 6.46. The molecule has 0 spiro atoms. The van der Waals surface area contributed by atoms with E-state index in [2.05, 4.69) is 6.92 Å². The first-order valence-electron chi connectivity index (χ1n) is 9.94. The number of ketones is 1. The molecule has 4 heteroatoms. The summed E-state index contributed by atoms with van der Waals surface area (Å²) in [6.07, 6.45) is 6.30. The second-order valence-corrected chi connectivity index (χ2v) is 8.93. The Bertz CT molecular complexity index is 625. The summed E-state index contributed by atoms with van der Waals surface area (Å²) >= 11 is 0. The van der Waals surface area contributed by atoms with Crippen LogP contribution < -0.4 is 0 Å². The highest BCUT2D eigenvalue weighted by Gasteiger charge is 2.55. The molecule has 138 valence electrons. The van der Waals surface area contributed by atoms with E-state index in [0.717, 1.165) is 32.1 Å². The van der Waals surface area contributed by atoms with Gasteiger partial charge in [-0.2, -0.15) is 0 Å². The Morgan fingerprint density at radius 1 is 1.20 bits per heavy atom. The van der Waals surface area contributed by atoms with Crippen molar-refractivity contribution >= 4 is 11.8 Å². The van der Waals surface area contributed by atoms with E-state index in [0.29, 0.717) is 49.2 Å². The molecule has 0 N–H and O–H groups in total. The first-order valence-corrected chi connectivity index (χ1v) is 9.94. The van der Waals surface area contributed by atoms with Gasteiger partial charge >= 0.3 is 5.97 Å². The maximum atomic E-state index is 14.8. The Morgan fingerprint density at radius 2 is 2.00 bits per heavy atom. The molecule has 4 aliphatic carbocycles. The van der Waals surface area contributed by atoms with E-state index >= 15 is 0 Å². The summed E-state index contributed by atoms with van der Waals surface area (Å²) in [7, 11) is 0. The second kappa shape index (κ2) is 6.21. The molecular formula is C21H29FO3. The molecule has 2 saturated carbocycles. The summed E-state index contributed by atoms with van der Waals surface area (Å²) in [5.41, 5.74) is 2.46. The quantitative estimate of drug-likeness (QED) is 0.516. The fourth-order valence-corrected chi connectivity index (χ4v) is 6.46. The van der Waals surface area contributed by atoms with Gasteiger partial charge in [0, 0.05) is 25.2 Å². The highest BCUT2D eigenvalue weighted by molar-refractivity contribution is 5.87. The van der Waals surface area contributed by atoms with Crippen molar-refractivity contribution in [2.24, 2.45) is 23.2 Å². The van der Waals surface area contributed by atoms with Gasteiger partial charge in [0.05, 0.1) is 0 Å². The van der Waals surface area contributed by atoms with Crippen molar-refractivity contribution in [1.82, 2.24) is 0 Å². The first-order chi connectivity index (χ1) is 11.9. The predicted molar refractivity (Wildman–Crippen MR) is 92.6 cm³/mol. The number of esters is 1. The van der Waals surface area contributed by atoms with E-state index in [4.69, 9.17) is 4.74 Å². The predicted octanol–water partition coefficient (Wildman–Crippen LogP) is 4.54. The average molecular weight is 348 g/mol. The van der Waals surface area contributed by atoms with Gasteiger partial charge in [0.2, 0.25) is 0 Å². The van der Waals surface area contributed by atoms with Crippen molar-refractivity contribution in [2.45, 2.75) is 83.9 Å². The van der Waals surface area contributed by atoms with Crippen LogP contribution in [0.5, 0.6) is 0 Å². The number of carbonyl (C=O) groups is 2. The highest BCUT2D eigenvalue weighted by Crippen LogP contribution is 2.59. The summed E-state index contributed by atoms with van der Waals surface area (Å²) in [5.74, 6) is 1.28. The first kappa shape index (κ1) is 17.2. The molecule has 0 saturated heterocycles. The molecule has 0 heterocycles. The lowest BCUT2D eigenvalue weighted by Crippen LogP contribution is -2.42. The average Bonchev–Trinajstić information content (AvgIpc) is 2.76. The van der Waals surface area contributed by atoms with E-state index in [-0.39, 0.29) is 17.5 Å². The van der Waals surface area contributed by atoms with Crippen molar-refractivity contribution in [1.29, 1.82) is 0 Å². The Kier molecular flexibility index (Phi) is 4.28. The van der Waals surface area contributed by atoms with Crippen LogP contribution in [0.25, 0.3) is 0 Å². The number of ether oxygens (including phenoxy) is 1. The van der Waals surface area contributed by atoms with Crippen LogP contribution in [0, 0.1) is 23.2 Å². The van der Waals surface area contributed by atoms with Gasteiger partial charge in [0.1, 0.15) is 18.1 Å². The second-order valence-electron chi connectivity index (χ2n) is 8.93. The number of fused-ring (bicyclic) bond motifs is 4. The Hall–Kier alpha value is -1.19. The Labute approximate surface area is 149 Å². The summed E-state index contributed by atoms with van der Waals surface area (Å²) in [6.45, 7) is 3.58. The Morgan fingerprint density at radius 3 is 2.76 bits per heavy atom. The molecule has 4 rings (SSSR count). The van der Waals surface area contributed by atoms with Crippen LogP contribution in [0.2, 0.25) is 0 Å². The topological polar surface area (TPSA) is 43.4 Å². The molecule has 6 unspecified atom stereocenters. The molecule has 0 aromatic heterocycles. The number of hydrogen-bond donors (Lipinski definition) is 0.